The van der Waals surface area contributed by atoms with Crippen LogP contribution in [0.25, 0.3) is 11.1 Å². The van der Waals surface area contributed by atoms with Crippen LogP contribution in [-0.4, -0.2) is 52.8 Å². The highest BCUT2D eigenvalue weighted by Gasteiger charge is 2.24. The quantitative estimate of drug-likeness (QED) is 0.298. The van der Waals surface area contributed by atoms with E-state index in [1.165, 1.54) is 5.56 Å². The average Bonchev–Trinajstić information content (AvgIpc) is 3.01. The zero-order valence-corrected chi connectivity index (χ0v) is 23.4. The van der Waals surface area contributed by atoms with E-state index in [-0.39, 0.29) is 11.8 Å². The number of carbonyl (C=O) groups is 2. The standard InChI is InChI=1S/C33H33ClN4O2/c1-25(39)38-18-8-17-36(23-26-9-3-2-4-10-26)19-20-37(33(40)30-12-5-6-13-31(30)34)24-29-21-27(14-15-32(29)38)28-11-7-16-35-22-28/h2-7,9-16,21-22H,8,17-20,23-24H2,1H3. The van der Waals surface area contributed by atoms with Gasteiger partial charge in [0.2, 0.25) is 5.91 Å². The van der Waals surface area contributed by atoms with Gasteiger partial charge in [-0.1, -0.05) is 66.2 Å². The molecule has 40 heavy (non-hydrogen) atoms. The molecule has 0 aliphatic carbocycles. The predicted octanol–water partition coefficient (Wildman–Crippen LogP) is 6.30. The average molecular weight is 553 g/mol. The summed E-state index contributed by atoms with van der Waals surface area (Å²) >= 11 is 6.48. The number of benzene rings is 3. The molecule has 0 spiro atoms. The van der Waals surface area contributed by atoms with Crippen molar-refractivity contribution in [3.05, 3.63) is 119 Å². The molecule has 2 amide bonds. The molecule has 204 valence electrons. The van der Waals surface area contributed by atoms with Gasteiger partial charge < -0.3 is 9.80 Å². The van der Waals surface area contributed by atoms with Crippen LogP contribution in [-0.2, 0) is 17.9 Å². The minimum atomic E-state index is -0.128. The van der Waals surface area contributed by atoms with E-state index in [0.29, 0.717) is 36.8 Å². The summed E-state index contributed by atoms with van der Waals surface area (Å²) in [5.41, 5.74) is 5.39. The maximum Gasteiger partial charge on any atom is 0.255 e. The third-order valence-corrected chi connectivity index (χ3v) is 7.62. The van der Waals surface area contributed by atoms with Crippen molar-refractivity contribution in [2.24, 2.45) is 0 Å². The number of carbonyl (C=O) groups excluding carboxylic acids is 2. The van der Waals surface area contributed by atoms with Crippen LogP contribution in [0.1, 0.15) is 34.8 Å². The van der Waals surface area contributed by atoms with E-state index in [1.54, 1.807) is 25.3 Å². The lowest BCUT2D eigenvalue weighted by Gasteiger charge is -2.29. The van der Waals surface area contributed by atoms with E-state index in [2.05, 4.69) is 28.1 Å². The molecule has 6 nitrogen and oxygen atoms in total. The van der Waals surface area contributed by atoms with Gasteiger partial charge in [-0.2, -0.15) is 0 Å². The lowest BCUT2D eigenvalue weighted by molar-refractivity contribution is -0.116. The van der Waals surface area contributed by atoms with Crippen molar-refractivity contribution in [2.75, 3.05) is 31.1 Å². The van der Waals surface area contributed by atoms with Crippen LogP contribution >= 0.6 is 11.6 Å². The van der Waals surface area contributed by atoms with Crippen LogP contribution in [0.5, 0.6) is 0 Å². The van der Waals surface area contributed by atoms with E-state index in [4.69, 9.17) is 11.6 Å². The number of nitrogens with zero attached hydrogens (tertiary/aromatic N) is 4. The number of anilines is 1. The number of rotatable bonds is 4. The van der Waals surface area contributed by atoms with Gasteiger partial charge in [-0.25, -0.2) is 0 Å². The molecule has 0 N–H and O–H groups in total. The van der Waals surface area contributed by atoms with Crippen LogP contribution < -0.4 is 4.90 Å². The molecule has 1 aliphatic rings. The summed E-state index contributed by atoms with van der Waals surface area (Å²) in [4.78, 5) is 37.2. The van der Waals surface area contributed by atoms with Crippen molar-refractivity contribution in [2.45, 2.75) is 26.4 Å². The lowest BCUT2D eigenvalue weighted by Crippen LogP contribution is -2.38. The van der Waals surface area contributed by atoms with Crippen molar-refractivity contribution in [1.29, 1.82) is 0 Å². The Morgan fingerprint density at radius 1 is 0.850 bits per heavy atom. The molecule has 0 saturated carbocycles. The number of pyridine rings is 1. The maximum absolute atomic E-state index is 13.9. The monoisotopic (exact) mass is 552 g/mol. The molecule has 0 atom stereocenters. The van der Waals surface area contributed by atoms with Crippen molar-refractivity contribution >= 4 is 29.1 Å². The normalized spacial score (nSPS) is 14.8. The summed E-state index contributed by atoms with van der Waals surface area (Å²) in [6, 6.07) is 27.5. The molecule has 0 bridgehead atoms. The molecule has 0 radical (unpaired) electrons. The first kappa shape index (κ1) is 27.6. The molecule has 3 aromatic carbocycles. The Kier molecular flexibility index (Phi) is 8.89. The van der Waals surface area contributed by atoms with Crippen LogP contribution in [0, 0.1) is 0 Å². The molecule has 2 heterocycles. The van der Waals surface area contributed by atoms with Gasteiger partial charge in [0.25, 0.3) is 5.91 Å². The Bertz CT molecular complexity index is 1460. The third kappa shape index (κ3) is 6.58. The molecule has 0 saturated heterocycles. The van der Waals surface area contributed by atoms with Gasteiger partial charge in [-0.05, 0) is 59.0 Å². The fraction of sp³-hybridized carbons (Fsp3) is 0.242. The van der Waals surface area contributed by atoms with Crippen LogP contribution in [0.4, 0.5) is 5.69 Å². The van der Waals surface area contributed by atoms with E-state index in [1.807, 2.05) is 70.6 Å². The summed E-state index contributed by atoms with van der Waals surface area (Å²) in [6.07, 6.45) is 4.38. The highest BCUT2D eigenvalue weighted by atomic mass is 35.5. The van der Waals surface area contributed by atoms with Crippen molar-refractivity contribution in [1.82, 2.24) is 14.8 Å². The topological polar surface area (TPSA) is 56.8 Å². The Morgan fingerprint density at radius 3 is 2.40 bits per heavy atom. The molecule has 5 rings (SSSR count). The fourth-order valence-corrected chi connectivity index (χ4v) is 5.44. The SMILES string of the molecule is CC(=O)N1CCCN(Cc2ccccc2)CCN(C(=O)c2ccccc2Cl)Cc2cc(-c3cccnc3)ccc21. The van der Waals surface area contributed by atoms with Gasteiger partial charge in [0.1, 0.15) is 0 Å². The van der Waals surface area contributed by atoms with E-state index < -0.39 is 0 Å². The Hall–Kier alpha value is -4.00. The third-order valence-electron chi connectivity index (χ3n) is 7.29. The van der Waals surface area contributed by atoms with Gasteiger partial charge >= 0.3 is 0 Å². The number of hydrogen-bond acceptors (Lipinski definition) is 4. The largest absolute Gasteiger partial charge is 0.333 e. The smallest absolute Gasteiger partial charge is 0.255 e. The molecule has 1 aliphatic heterocycles. The molecule has 1 aromatic heterocycles. The number of fused-ring (bicyclic) bond motifs is 1. The molecule has 7 heteroatoms. The number of amides is 2. The zero-order valence-electron chi connectivity index (χ0n) is 22.7. The van der Waals surface area contributed by atoms with E-state index in [9.17, 15) is 9.59 Å². The van der Waals surface area contributed by atoms with E-state index >= 15 is 0 Å². The fourth-order valence-electron chi connectivity index (χ4n) is 5.23. The van der Waals surface area contributed by atoms with Gasteiger partial charge in [0.15, 0.2) is 0 Å². The van der Waals surface area contributed by atoms with Gasteiger partial charge in [-0.3, -0.25) is 19.5 Å². The minimum absolute atomic E-state index is 0.0202. The van der Waals surface area contributed by atoms with Gasteiger partial charge in [0.05, 0.1) is 10.6 Å². The summed E-state index contributed by atoms with van der Waals surface area (Å²) in [5.74, 6) is -0.148. The number of aromatic nitrogens is 1. The first-order chi connectivity index (χ1) is 19.5. The lowest BCUT2D eigenvalue weighted by atomic mass is 10.0. The second kappa shape index (κ2) is 12.9. The molecule has 0 unspecified atom stereocenters. The van der Waals surface area contributed by atoms with Crippen LogP contribution in [0.3, 0.4) is 0 Å². The molecule has 0 fully saturated rings. The van der Waals surface area contributed by atoms with E-state index in [0.717, 1.165) is 41.9 Å². The summed E-state index contributed by atoms with van der Waals surface area (Å²) < 4.78 is 0. The molecular formula is C33H33ClN4O2. The summed E-state index contributed by atoms with van der Waals surface area (Å²) in [7, 11) is 0. The highest BCUT2D eigenvalue weighted by Crippen LogP contribution is 2.30. The van der Waals surface area contributed by atoms with Gasteiger partial charge in [0, 0.05) is 64.3 Å². The second-order valence-corrected chi connectivity index (χ2v) is 10.5. The second-order valence-electron chi connectivity index (χ2n) is 10.1. The van der Waals surface area contributed by atoms with Crippen molar-refractivity contribution in [3.63, 3.8) is 0 Å². The van der Waals surface area contributed by atoms with Crippen LogP contribution in [0.2, 0.25) is 5.02 Å². The number of hydrogen-bond donors (Lipinski definition) is 0. The zero-order chi connectivity index (χ0) is 27.9. The van der Waals surface area contributed by atoms with Gasteiger partial charge in [-0.15, -0.1) is 0 Å². The highest BCUT2D eigenvalue weighted by molar-refractivity contribution is 6.33. The summed E-state index contributed by atoms with van der Waals surface area (Å²) in [6.45, 7) is 5.33. The molecule has 4 aromatic rings. The Balaban J connectivity index is 1.55. The number of halogens is 1. The summed E-state index contributed by atoms with van der Waals surface area (Å²) in [5, 5.41) is 0.428. The molecular weight excluding hydrogens is 520 g/mol. The Labute approximate surface area is 240 Å². The van der Waals surface area contributed by atoms with Crippen molar-refractivity contribution in [3.8, 4) is 11.1 Å². The first-order valence-corrected chi connectivity index (χ1v) is 14.0. The minimum Gasteiger partial charge on any atom is -0.333 e. The maximum atomic E-state index is 13.9. The Morgan fingerprint density at radius 2 is 1.65 bits per heavy atom. The van der Waals surface area contributed by atoms with Crippen LogP contribution in [0.15, 0.2) is 97.3 Å². The predicted molar refractivity (Wildman–Crippen MR) is 160 cm³/mol. The van der Waals surface area contributed by atoms with Crippen molar-refractivity contribution < 1.29 is 9.59 Å². The first-order valence-electron chi connectivity index (χ1n) is 13.6.